The standard InChI is InChI=1S/C15H21N3O2/c1-12-16-14-4-2-3-5-15(14)18(12)11-13(19)10-17-6-8-20-9-7-17/h2-5,13,19H,6-11H2,1H3/t13-/m1/s1. The Hall–Kier alpha value is -1.43. The van der Waals surface area contributed by atoms with Crippen LogP contribution in [-0.2, 0) is 11.3 Å². The van der Waals surface area contributed by atoms with Crippen LogP contribution in [0.2, 0.25) is 0 Å². The molecule has 0 bridgehead atoms. The summed E-state index contributed by atoms with van der Waals surface area (Å²) in [6.07, 6.45) is -0.385. The third-order valence-electron chi connectivity index (χ3n) is 3.81. The van der Waals surface area contributed by atoms with E-state index in [1.165, 1.54) is 0 Å². The van der Waals surface area contributed by atoms with Crippen LogP contribution in [0.3, 0.4) is 0 Å². The molecule has 1 fully saturated rings. The summed E-state index contributed by atoms with van der Waals surface area (Å²) in [5, 5.41) is 10.3. The summed E-state index contributed by atoms with van der Waals surface area (Å²) >= 11 is 0. The molecule has 1 aliphatic rings. The van der Waals surface area contributed by atoms with Gasteiger partial charge in [-0.25, -0.2) is 4.98 Å². The molecule has 1 aliphatic heterocycles. The minimum absolute atomic E-state index is 0.385. The molecule has 2 aromatic rings. The van der Waals surface area contributed by atoms with Gasteiger partial charge in [-0.15, -0.1) is 0 Å². The molecule has 1 aromatic carbocycles. The zero-order valence-corrected chi connectivity index (χ0v) is 11.8. The highest BCUT2D eigenvalue weighted by Gasteiger charge is 2.17. The van der Waals surface area contributed by atoms with Crippen LogP contribution in [0.1, 0.15) is 5.82 Å². The molecule has 108 valence electrons. The van der Waals surface area contributed by atoms with Crippen molar-refractivity contribution in [3.8, 4) is 0 Å². The van der Waals surface area contributed by atoms with Gasteiger partial charge in [0.05, 0.1) is 36.9 Å². The zero-order chi connectivity index (χ0) is 13.9. The van der Waals surface area contributed by atoms with Gasteiger partial charge >= 0.3 is 0 Å². The predicted octanol–water partition coefficient (Wildman–Crippen LogP) is 1.04. The molecule has 0 unspecified atom stereocenters. The van der Waals surface area contributed by atoms with Gasteiger partial charge in [-0.05, 0) is 19.1 Å². The number of aliphatic hydroxyl groups is 1. The van der Waals surface area contributed by atoms with E-state index in [9.17, 15) is 5.11 Å². The number of ether oxygens (including phenoxy) is 1. The first kappa shape index (κ1) is 13.5. The molecule has 0 amide bonds. The van der Waals surface area contributed by atoms with Gasteiger partial charge in [0.2, 0.25) is 0 Å². The van der Waals surface area contributed by atoms with E-state index in [0.29, 0.717) is 13.1 Å². The molecular formula is C15H21N3O2. The van der Waals surface area contributed by atoms with Crippen molar-refractivity contribution >= 4 is 11.0 Å². The van der Waals surface area contributed by atoms with E-state index >= 15 is 0 Å². The van der Waals surface area contributed by atoms with Gasteiger partial charge in [-0.1, -0.05) is 12.1 Å². The minimum atomic E-state index is -0.385. The van der Waals surface area contributed by atoms with Crippen LogP contribution in [0, 0.1) is 6.92 Å². The number of imidazole rings is 1. The summed E-state index contributed by atoms with van der Waals surface area (Å²) in [7, 11) is 0. The molecule has 3 rings (SSSR count). The number of aryl methyl sites for hydroxylation is 1. The molecule has 20 heavy (non-hydrogen) atoms. The predicted molar refractivity (Wildman–Crippen MR) is 77.7 cm³/mol. The fourth-order valence-electron chi connectivity index (χ4n) is 2.78. The van der Waals surface area contributed by atoms with E-state index < -0.39 is 0 Å². The van der Waals surface area contributed by atoms with Gasteiger partial charge in [0.15, 0.2) is 0 Å². The number of nitrogens with zero attached hydrogens (tertiary/aromatic N) is 3. The van der Waals surface area contributed by atoms with Gasteiger partial charge in [0, 0.05) is 19.6 Å². The highest BCUT2D eigenvalue weighted by Crippen LogP contribution is 2.16. The number of para-hydroxylation sites is 2. The van der Waals surface area contributed by atoms with E-state index in [4.69, 9.17) is 4.74 Å². The van der Waals surface area contributed by atoms with E-state index in [2.05, 4.69) is 20.5 Å². The Balaban J connectivity index is 1.70. The van der Waals surface area contributed by atoms with Gasteiger partial charge in [-0.2, -0.15) is 0 Å². The van der Waals surface area contributed by atoms with Crippen molar-refractivity contribution in [2.24, 2.45) is 0 Å². The smallest absolute Gasteiger partial charge is 0.106 e. The van der Waals surface area contributed by atoms with Gasteiger partial charge in [0.1, 0.15) is 5.82 Å². The van der Waals surface area contributed by atoms with Gasteiger partial charge in [-0.3, -0.25) is 4.90 Å². The third kappa shape index (κ3) is 2.85. The van der Waals surface area contributed by atoms with Crippen molar-refractivity contribution in [2.45, 2.75) is 19.6 Å². The first-order chi connectivity index (χ1) is 9.74. The molecule has 5 heteroatoms. The molecule has 1 atom stereocenters. The second-order valence-electron chi connectivity index (χ2n) is 5.33. The molecule has 5 nitrogen and oxygen atoms in total. The summed E-state index contributed by atoms with van der Waals surface area (Å²) in [5.41, 5.74) is 2.08. The lowest BCUT2D eigenvalue weighted by molar-refractivity contribution is 0.0116. The topological polar surface area (TPSA) is 50.5 Å². The van der Waals surface area contributed by atoms with E-state index in [1.807, 2.05) is 25.1 Å². The monoisotopic (exact) mass is 275 g/mol. The average molecular weight is 275 g/mol. The summed E-state index contributed by atoms with van der Waals surface area (Å²) < 4.78 is 7.42. The maximum absolute atomic E-state index is 10.3. The summed E-state index contributed by atoms with van der Waals surface area (Å²) in [6, 6.07) is 8.06. The Morgan fingerprint density at radius 1 is 1.25 bits per heavy atom. The van der Waals surface area contributed by atoms with Crippen molar-refractivity contribution in [2.75, 3.05) is 32.8 Å². The van der Waals surface area contributed by atoms with Crippen molar-refractivity contribution in [3.63, 3.8) is 0 Å². The van der Waals surface area contributed by atoms with Crippen LogP contribution in [0.25, 0.3) is 11.0 Å². The number of hydrogen-bond acceptors (Lipinski definition) is 4. The molecule has 0 aliphatic carbocycles. The van der Waals surface area contributed by atoms with Gasteiger partial charge < -0.3 is 14.4 Å². The fraction of sp³-hybridized carbons (Fsp3) is 0.533. The normalized spacial score (nSPS) is 18.5. The Morgan fingerprint density at radius 2 is 2.00 bits per heavy atom. The number of morpholine rings is 1. The Morgan fingerprint density at radius 3 is 2.80 bits per heavy atom. The SMILES string of the molecule is Cc1nc2ccccc2n1C[C@H](O)CN1CCOCC1. The Labute approximate surface area is 118 Å². The fourth-order valence-corrected chi connectivity index (χ4v) is 2.78. The first-order valence-electron chi connectivity index (χ1n) is 7.14. The third-order valence-corrected chi connectivity index (χ3v) is 3.81. The van der Waals surface area contributed by atoms with Crippen molar-refractivity contribution < 1.29 is 9.84 Å². The zero-order valence-electron chi connectivity index (χ0n) is 11.8. The molecule has 0 radical (unpaired) electrons. The molecule has 1 aromatic heterocycles. The largest absolute Gasteiger partial charge is 0.390 e. The number of aliphatic hydroxyl groups excluding tert-OH is 1. The number of benzene rings is 1. The lowest BCUT2D eigenvalue weighted by atomic mass is 10.2. The highest BCUT2D eigenvalue weighted by atomic mass is 16.5. The van der Waals surface area contributed by atoms with E-state index in [1.54, 1.807) is 0 Å². The van der Waals surface area contributed by atoms with Crippen molar-refractivity contribution in [1.29, 1.82) is 0 Å². The summed E-state index contributed by atoms with van der Waals surface area (Å²) in [4.78, 5) is 6.78. The molecular weight excluding hydrogens is 254 g/mol. The maximum Gasteiger partial charge on any atom is 0.106 e. The summed E-state index contributed by atoms with van der Waals surface area (Å²) in [6.45, 7) is 6.60. The van der Waals surface area contributed by atoms with Crippen molar-refractivity contribution in [1.82, 2.24) is 14.5 Å². The number of hydrogen-bond donors (Lipinski definition) is 1. The summed E-state index contributed by atoms with van der Waals surface area (Å²) in [5.74, 6) is 0.951. The average Bonchev–Trinajstić information content (AvgIpc) is 2.76. The molecule has 0 saturated carbocycles. The number of fused-ring (bicyclic) bond motifs is 1. The van der Waals surface area contributed by atoms with Gasteiger partial charge in [0.25, 0.3) is 0 Å². The maximum atomic E-state index is 10.3. The van der Waals surface area contributed by atoms with Crippen LogP contribution in [0.15, 0.2) is 24.3 Å². The second-order valence-corrected chi connectivity index (χ2v) is 5.33. The van der Waals surface area contributed by atoms with Crippen molar-refractivity contribution in [3.05, 3.63) is 30.1 Å². The van der Waals surface area contributed by atoms with Crippen LogP contribution in [-0.4, -0.2) is 58.5 Å². The Bertz CT molecular complexity index is 576. The highest BCUT2D eigenvalue weighted by molar-refractivity contribution is 5.75. The molecule has 0 spiro atoms. The quantitative estimate of drug-likeness (QED) is 0.906. The van der Waals surface area contributed by atoms with E-state index in [0.717, 1.165) is 43.2 Å². The van der Waals surface area contributed by atoms with E-state index in [-0.39, 0.29) is 6.10 Å². The number of rotatable bonds is 4. The molecule has 1 saturated heterocycles. The van der Waals surface area contributed by atoms with Crippen LogP contribution >= 0.6 is 0 Å². The van der Waals surface area contributed by atoms with Crippen LogP contribution in [0.4, 0.5) is 0 Å². The Kier molecular flexibility index (Phi) is 4.00. The molecule has 1 N–H and O–H groups in total. The molecule has 2 heterocycles. The lowest BCUT2D eigenvalue weighted by Gasteiger charge is -2.28. The number of β-amino-alcohol motifs (C(OH)–C–C–N with tert-alkyl or cyclic N) is 1. The number of aromatic nitrogens is 2. The van der Waals surface area contributed by atoms with Crippen LogP contribution in [0.5, 0.6) is 0 Å². The second kappa shape index (κ2) is 5.91. The minimum Gasteiger partial charge on any atom is -0.390 e. The van der Waals surface area contributed by atoms with Crippen LogP contribution < -0.4 is 0 Å². The first-order valence-corrected chi connectivity index (χ1v) is 7.14. The lowest BCUT2D eigenvalue weighted by Crippen LogP contribution is -2.42.